The van der Waals surface area contributed by atoms with E-state index in [9.17, 15) is 34.5 Å². The number of para-hydroxylation sites is 1. The van der Waals surface area contributed by atoms with Crippen LogP contribution in [-0.2, 0) is 19.1 Å². The smallest absolute Gasteiger partial charge is 0.315 e. The number of aliphatic hydroxyl groups excluding tert-OH is 2. The summed E-state index contributed by atoms with van der Waals surface area (Å²) in [7, 11) is 4.49. The van der Waals surface area contributed by atoms with E-state index in [0.29, 0.717) is 50.3 Å². The standard InChI is InChI=1S/C58H78N6O9.2C2H6.C2H2.CH4O/c1-34(2)33-63-29-25-58(26-30-63)60-49-47-46-43(65)22-15-14-18-36(4)55(73-45(67)32-44(66)64-27-23-42(24-28-64)62(9)41-20-12-11-13-21-41)39(7)52(68)38(6)31-35(3)17-16-19-37(5)57(71)59-51(50(49)61-58)54(70)48(47)53(69)40(8)56(46)72-10;4*1-2/h11-17,19-21,34-36,38-39,42,52,55,68-70H,18,22-33H2,1-10H3,(H,59,71);2*1-2H3;1-2H;2H,1H3/b15-14+,17-16+,37-19-;;;;/t35-,36+,38+,39+,52+,55+;;;;/m0..../s1. The molecule has 5 N–H and O–H groups in total. The molecule has 0 aromatic heterocycles. The van der Waals surface area contributed by atoms with Crippen molar-refractivity contribution < 1.29 is 49.1 Å². The molecule has 2 fully saturated rings. The highest BCUT2D eigenvalue weighted by Crippen LogP contribution is 2.45. The number of hydrogen-bond acceptors (Lipinski definition) is 14. The van der Waals surface area contributed by atoms with Gasteiger partial charge >= 0.3 is 5.97 Å². The van der Waals surface area contributed by atoms with Crippen molar-refractivity contribution in [1.82, 2.24) is 9.80 Å². The summed E-state index contributed by atoms with van der Waals surface area (Å²) in [5.41, 5.74) is 0.856. The van der Waals surface area contributed by atoms with Crippen LogP contribution in [0.5, 0.6) is 17.2 Å². The molecule has 3 aromatic rings. The van der Waals surface area contributed by atoms with Gasteiger partial charge in [0.2, 0.25) is 5.91 Å². The van der Waals surface area contributed by atoms with Gasteiger partial charge in [-0.3, -0.25) is 29.2 Å². The molecule has 8 rings (SSSR count). The molecule has 0 aliphatic carbocycles. The van der Waals surface area contributed by atoms with Crippen LogP contribution in [0.15, 0.2) is 76.3 Å². The number of nitrogens with one attached hydrogen (secondary N) is 1. The Bertz CT molecular complexity index is 2810. The lowest BCUT2D eigenvalue weighted by atomic mass is 9.80. The van der Waals surface area contributed by atoms with Crippen LogP contribution in [0.3, 0.4) is 0 Å². The van der Waals surface area contributed by atoms with E-state index in [1.807, 2.05) is 85.7 Å². The third-order valence-electron chi connectivity index (χ3n) is 15.6. The predicted octanol–water partition coefficient (Wildman–Crippen LogP) is 9.88. The number of Topliss-reactive ketones (excluding diaryl/α,β-unsaturated/α-hetero) is 1. The first kappa shape index (κ1) is 68.7. The van der Waals surface area contributed by atoms with Crippen molar-refractivity contribution in [2.45, 2.75) is 158 Å². The van der Waals surface area contributed by atoms with E-state index in [1.165, 1.54) is 7.11 Å². The lowest BCUT2D eigenvalue weighted by Gasteiger charge is -2.38. The average molecular weight is 1120 g/mol. The van der Waals surface area contributed by atoms with Gasteiger partial charge < -0.3 is 49.9 Å². The number of likely N-dealkylation sites (tertiary alicyclic amines) is 2. The zero-order valence-corrected chi connectivity index (χ0v) is 51.2. The lowest BCUT2D eigenvalue weighted by molar-refractivity contribution is -0.161. The largest absolute Gasteiger partial charge is 0.507 e. The van der Waals surface area contributed by atoms with E-state index >= 15 is 0 Å². The third kappa shape index (κ3) is 17.0. The Morgan fingerprint density at radius 1 is 0.877 bits per heavy atom. The summed E-state index contributed by atoms with van der Waals surface area (Å²) in [5, 5.41) is 46.6. The zero-order chi connectivity index (χ0) is 60.9. The number of fused-ring (bicyclic) bond motifs is 14. The first-order valence-corrected chi connectivity index (χ1v) is 29.1. The van der Waals surface area contributed by atoms with Crippen molar-refractivity contribution >= 4 is 45.7 Å². The van der Waals surface area contributed by atoms with Crippen LogP contribution < -0.4 is 25.7 Å². The summed E-state index contributed by atoms with van der Waals surface area (Å²) in [6.45, 7) is 26.8. The fraction of sp³-hybridized carbons (Fsp3) is 0.569. The SMILES string of the molecule is C#C.CC.CC.CO.COc1c(C)c(O)c2c(O)c3c4c(c2c1C(=O)C/C=C/C[C@@H](C)[C@@H](OC(=O)CC(=O)N1CCC(N(C)c2ccccc2)CC1)[C@H](C)[C@H](O)[C@H](C)C[C@@H](C)/C=C/C=C(/C)C(=O)N3)=NC1(CCN(CC(C)C)CC1)N=4. The molecule has 5 aliphatic heterocycles. The molecule has 81 heavy (non-hydrogen) atoms. The van der Waals surface area contributed by atoms with E-state index < -0.39 is 47.8 Å². The maximum absolute atomic E-state index is 14.8. The summed E-state index contributed by atoms with van der Waals surface area (Å²) >= 11 is 0. The number of ether oxygens (including phenoxy) is 2. The molecule has 0 radical (unpaired) electrons. The first-order valence-electron chi connectivity index (χ1n) is 29.1. The van der Waals surface area contributed by atoms with Crippen molar-refractivity contribution in [2.24, 2.45) is 39.6 Å². The van der Waals surface area contributed by atoms with E-state index in [2.05, 4.69) is 61.0 Å². The summed E-state index contributed by atoms with van der Waals surface area (Å²) in [4.78, 5) is 73.0. The lowest BCUT2D eigenvalue weighted by Crippen LogP contribution is -2.46. The highest BCUT2D eigenvalue weighted by Gasteiger charge is 2.40. The topological polar surface area (TPSA) is 214 Å². The number of allylic oxidation sites excluding steroid dienone is 5. The number of terminal acetylenes is 1. The van der Waals surface area contributed by atoms with Gasteiger partial charge in [0.25, 0.3) is 5.91 Å². The average Bonchev–Trinajstić information content (AvgIpc) is 4.00. The van der Waals surface area contributed by atoms with Crippen LogP contribution >= 0.6 is 0 Å². The Labute approximate surface area is 483 Å². The number of hydrogen-bond donors (Lipinski definition) is 5. The number of piperidine rings is 2. The number of nitrogens with zero attached hydrogens (tertiary/aromatic N) is 5. The van der Waals surface area contributed by atoms with Gasteiger partial charge in [0.15, 0.2) is 17.2 Å². The minimum absolute atomic E-state index is 0.00266. The molecular weight excluding hydrogens is 1020 g/mol. The van der Waals surface area contributed by atoms with Crippen LogP contribution in [0.4, 0.5) is 11.4 Å². The normalized spacial score (nSPS) is 23.8. The fourth-order valence-corrected chi connectivity index (χ4v) is 11.4. The number of phenols is 2. The van der Waals surface area contributed by atoms with E-state index in [4.69, 9.17) is 24.6 Å². The molecule has 16 nitrogen and oxygen atoms in total. The molecule has 446 valence electrons. The van der Waals surface area contributed by atoms with Crippen LogP contribution in [0.1, 0.15) is 143 Å². The van der Waals surface area contributed by atoms with Gasteiger partial charge in [-0.2, -0.15) is 0 Å². The number of amides is 2. The third-order valence-corrected chi connectivity index (χ3v) is 15.6. The van der Waals surface area contributed by atoms with Gasteiger partial charge in [-0.25, -0.2) is 0 Å². The van der Waals surface area contributed by atoms with Crippen molar-refractivity contribution in [3.8, 4) is 30.1 Å². The number of benzene rings is 3. The van der Waals surface area contributed by atoms with Gasteiger partial charge in [0.05, 0.1) is 29.5 Å². The van der Waals surface area contributed by atoms with Gasteiger partial charge in [-0.05, 0) is 75.3 Å². The van der Waals surface area contributed by atoms with E-state index in [1.54, 1.807) is 37.0 Å². The second kappa shape index (κ2) is 32.8. The van der Waals surface area contributed by atoms with Crippen molar-refractivity contribution in [3.05, 3.63) is 88.1 Å². The second-order valence-electron chi connectivity index (χ2n) is 21.7. The predicted molar refractivity (Wildman–Crippen MR) is 325 cm³/mol. The number of aromatic hydroxyl groups is 2. The summed E-state index contributed by atoms with van der Waals surface area (Å²) < 4.78 is 12.1. The summed E-state index contributed by atoms with van der Waals surface area (Å²) in [6, 6.07) is 10.4. The Balaban J connectivity index is 0.00000206. The molecule has 1 spiro atoms. The minimum atomic E-state index is -0.929. The molecule has 6 atom stereocenters. The van der Waals surface area contributed by atoms with Crippen molar-refractivity contribution in [3.63, 3.8) is 0 Å². The molecule has 2 saturated heterocycles. The van der Waals surface area contributed by atoms with Gasteiger partial charge in [0.1, 0.15) is 35.1 Å². The van der Waals surface area contributed by atoms with Crippen LogP contribution in [-0.4, -0.2) is 132 Å². The fourth-order valence-electron chi connectivity index (χ4n) is 11.4. The van der Waals surface area contributed by atoms with Crippen molar-refractivity contribution in [2.75, 3.05) is 64.2 Å². The molecule has 0 unspecified atom stereocenters. The maximum Gasteiger partial charge on any atom is 0.315 e. The van der Waals surface area contributed by atoms with Gasteiger partial charge in [-0.15, -0.1) is 12.8 Å². The maximum atomic E-state index is 14.8. The number of ketones is 1. The molecule has 3 aromatic carbocycles. The molecule has 4 bridgehead atoms. The van der Waals surface area contributed by atoms with Crippen LogP contribution in [0.2, 0.25) is 0 Å². The Kier molecular flexibility index (Phi) is 27.8. The Morgan fingerprint density at radius 2 is 1.48 bits per heavy atom. The molecule has 0 saturated carbocycles. The number of aliphatic hydroxyl groups is 2. The van der Waals surface area contributed by atoms with Gasteiger partial charge in [-0.1, -0.05) is 118 Å². The quantitative estimate of drug-likeness (QED) is 0.0469. The van der Waals surface area contributed by atoms with Crippen molar-refractivity contribution in [1.29, 1.82) is 0 Å². The Hall–Kier alpha value is -6.54. The highest BCUT2D eigenvalue weighted by molar-refractivity contribution is 6.16. The summed E-state index contributed by atoms with van der Waals surface area (Å²) in [5.74, 6) is -3.09. The molecular formula is C65H96N6O10. The first-order chi connectivity index (χ1) is 38.7. The number of rotatable bonds is 8. The second-order valence-corrected chi connectivity index (χ2v) is 21.7. The number of carbonyl (C=O) groups excluding carboxylic acids is 4. The monoisotopic (exact) mass is 1120 g/mol. The molecule has 16 heteroatoms. The molecule has 5 aliphatic rings. The number of anilines is 2. The summed E-state index contributed by atoms with van der Waals surface area (Å²) in [6.07, 6.45) is 18.5. The number of esters is 1. The van der Waals surface area contributed by atoms with E-state index in [0.717, 1.165) is 45.3 Å². The van der Waals surface area contributed by atoms with Crippen LogP contribution in [0, 0.1) is 49.4 Å². The molecule has 5 heterocycles. The number of carbonyl (C=O) groups is 4. The Morgan fingerprint density at radius 3 is 2.07 bits per heavy atom. The molecule has 2 amide bonds. The van der Waals surface area contributed by atoms with Gasteiger partial charge in [0, 0.05) is 100 Å². The highest BCUT2D eigenvalue weighted by atomic mass is 16.5. The number of methoxy groups -OCH3 is 1. The minimum Gasteiger partial charge on any atom is -0.507 e. The van der Waals surface area contributed by atoms with Crippen LogP contribution in [0.25, 0.3) is 10.8 Å². The van der Waals surface area contributed by atoms with E-state index in [-0.39, 0.29) is 91.7 Å². The zero-order valence-electron chi connectivity index (χ0n) is 51.2. The number of phenolic OH excluding ortho intramolecular Hbond substituents is 2.